The topological polar surface area (TPSA) is 50.9 Å². The number of nitrogens with one attached hydrogen (secondary N) is 1. The number of thiazole rings is 1. The van der Waals surface area contributed by atoms with Gasteiger partial charge in [-0.3, -0.25) is 11.3 Å². The minimum absolute atomic E-state index is 0.0410. The highest BCUT2D eigenvalue weighted by Gasteiger charge is 2.12. The summed E-state index contributed by atoms with van der Waals surface area (Å²) in [6.07, 6.45) is 0.773. The number of hydrogen-bond acceptors (Lipinski definition) is 4. The molecular formula is C12H14ClN3S. The molecule has 1 atom stereocenters. The summed E-state index contributed by atoms with van der Waals surface area (Å²) in [4.78, 5) is 4.44. The van der Waals surface area contributed by atoms with Gasteiger partial charge in [-0.05, 0) is 24.6 Å². The van der Waals surface area contributed by atoms with Crippen LogP contribution in [0.4, 0.5) is 0 Å². The van der Waals surface area contributed by atoms with Crippen molar-refractivity contribution in [3.63, 3.8) is 0 Å². The van der Waals surface area contributed by atoms with Gasteiger partial charge in [0.05, 0.1) is 11.0 Å². The summed E-state index contributed by atoms with van der Waals surface area (Å²) < 4.78 is 0. The maximum Gasteiger partial charge on any atom is 0.0947 e. The molecular weight excluding hydrogens is 254 g/mol. The molecule has 0 amide bonds. The van der Waals surface area contributed by atoms with Gasteiger partial charge in [0, 0.05) is 22.5 Å². The molecule has 2 rings (SSSR count). The standard InChI is InChI=1S/C12H14ClN3S/c1-8-7-17-12(15-8)6-11(16-14)9-3-2-4-10(13)5-9/h2-5,7,11,16H,6,14H2,1H3. The number of nitrogens with two attached hydrogens (primary N) is 1. The predicted molar refractivity (Wildman–Crippen MR) is 72.1 cm³/mol. The molecule has 0 bridgehead atoms. The number of halogens is 1. The Kier molecular flexibility index (Phi) is 4.12. The molecule has 0 spiro atoms. The number of hydrogen-bond donors (Lipinski definition) is 2. The first kappa shape index (κ1) is 12.5. The normalized spacial score (nSPS) is 12.6. The lowest BCUT2D eigenvalue weighted by molar-refractivity contribution is 0.550. The second-order valence-electron chi connectivity index (χ2n) is 3.86. The van der Waals surface area contributed by atoms with Gasteiger partial charge < -0.3 is 0 Å². The summed E-state index contributed by atoms with van der Waals surface area (Å²) in [5.74, 6) is 5.59. The summed E-state index contributed by atoms with van der Waals surface area (Å²) in [6, 6.07) is 7.75. The Balaban J connectivity index is 2.16. The molecule has 17 heavy (non-hydrogen) atoms. The van der Waals surface area contributed by atoms with Gasteiger partial charge in [-0.2, -0.15) is 0 Å². The monoisotopic (exact) mass is 267 g/mol. The first-order chi connectivity index (χ1) is 8.19. The average molecular weight is 268 g/mol. The lowest BCUT2D eigenvalue weighted by Crippen LogP contribution is -2.29. The third-order valence-electron chi connectivity index (χ3n) is 2.50. The zero-order valence-corrected chi connectivity index (χ0v) is 11.1. The molecule has 0 saturated heterocycles. The smallest absolute Gasteiger partial charge is 0.0947 e. The Labute approximate surface area is 110 Å². The van der Waals surface area contributed by atoms with Crippen molar-refractivity contribution in [1.29, 1.82) is 0 Å². The molecule has 0 aliphatic heterocycles. The van der Waals surface area contributed by atoms with Crippen LogP contribution in [0.25, 0.3) is 0 Å². The zero-order chi connectivity index (χ0) is 12.3. The van der Waals surface area contributed by atoms with Crippen LogP contribution in [0.5, 0.6) is 0 Å². The van der Waals surface area contributed by atoms with Gasteiger partial charge in [0.1, 0.15) is 0 Å². The van der Waals surface area contributed by atoms with E-state index < -0.39 is 0 Å². The van der Waals surface area contributed by atoms with Crippen LogP contribution in [0, 0.1) is 6.92 Å². The van der Waals surface area contributed by atoms with E-state index in [1.807, 2.05) is 36.6 Å². The third kappa shape index (κ3) is 3.26. The fourth-order valence-electron chi connectivity index (χ4n) is 1.67. The van der Waals surface area contributed by atoms with Crippen molar-refractivity contribution in [1.82, 2.24) is 10.4 Å². The first-order valence-electron chi connectivity index (χ1n) is 5.31. The van der Waals surface area contributed by atoms with Crippen LogP contribution in [-0.4, -0.2) is 4.98 Å². The summed E-state index contributed by atoms with van der Waals surface area (Å²) in [6.45, 7) is 1.99. The van der Waals surface area contributed by atoms with Crippen molar-refractivity contribution in [2.75, 3.05) is 0 Å². The van der Waals surface area contributed by atoms with E-state index >= 15 is 0 Å². The molecule has 1 unspecified atom stereocenters. The van der Waals surface area contributed by atoms with Crippen LogP contribution in [0.15, 0.2) is 29.6 Å². The molecule has 3 N–H and O–H groups in total. The van der Waals surface area contributed by atoms with Crippen molar-refractivity contribution in [3.05, 3.63) is 50.9 Å². The van der Waals surface area contributed by atoms with Crippen molar-refractivity contribution in [2.24, 2.45) is 5.84 Å². The fourth-order valence-corrected chi connectivity index (χ4v) is 2.69. The largest absolute Gasteiger partial charge is 0.271 e. The summed E-state index contributed by atoms with van der Waals surface area (Å²) in [7, 11) is 0. The Morgan fingerprint density at radius 1 is 1.53 bits per heavy atom. The Morgan fingerprint density at radius 3 is 2.94 bits per heavy atom. The number of aromatic nitrogens is 1. The molecule has 2 aromatic rings. The molecule has 1 aromatic carbocycles. The molecule has 1 aromatic heterocycles. The van der Waals surface area contributed by atoms with E-state index in [9.17, 15) is 0 Å². The van der Waals surface area contributed by atoms with E-state index in [2.05, 4.69) is 10.4 Å². The molecule has 0 radical (unpaired) electrons. The Morgan fingerprint density at radius 2 is 2.35 bits per heavy atom. The Bertz CT molecular complexity index is 498. The minimum Gasteiger partial charge on any atom is -0.271 e. The number of rotatable bonds is 4. The fraction of sp³-hybridized carbons (Fsp3) is 0.250. The van der Waals surface area contributed by atoms with E-state index in [0.717, 1.165) is 27.7 Å². The second-order valence-corrected chi connectivity index (χ2v) is 5.24. The molecule has 3 nitrogen and oxygen atoms in total. The van der Waals surface area contributed by atoms with E-state index in [4.69, 9.17) is 17.4 Å². The number of hydrazine groups is 1. The van der Waals surface area contributed by atoms with E-state index in [-0.39, 0.29) is 6.04 Å². The summed E-state index contributed by atoms with van der Waals surface area (Å²) in [5.41, 5.74) is 4.94. The van der Waals surface area contributed by atoms with Crippen molar-refractivity contribution in [3.8, 4) is 0 Å². The predicted octanol–water partition coefficient (Wildman–Crippen LogP) is 2.85. The number of nitrogens with zero attached hydrogens (tertiary/aromatic N) is 1. The maximum absolute atomic E-state index is 5.97. The minimum atomic E-state index is 0.0410. The van der Waals surface area contributed by atoms with Crippen molar-refractivity contribution < 1.29 is 0 Å². The van der Waals surface area contributed by atoms with E-state index in [1.54, 1.807) is 11.3 Å². The van der Waals surface area contributed by atoms with Gasteiger partial charge in [-0.25, -0.2) is 4.98 Å². The zero-order valence-electron chi connectivity index (χ0n) is 9.48. The van der Waals surface area contributed by atoms with Crippen LogP contribution in [0.3, 0.4) is 0 Å². The van der Waals surface area contributed by atoms with Crippen molar-refractivity contribution >= 4 is 22.9 Å². The molecule has 0 saturated carbocycles. The van der Waals surface area contributed by atoms with Crippen LogP contribution in [0.1, 0.15) is 22.3 Å². The molecule has 0 aliphatic rings. The number of aryl methyl sites for hydroxylation is 1. The number of benzene rings is 1. The second kappa shape index (κ2) is 5.60. The highest BCUT2D eigenvalue weighted by molar-refractivity contribution is 7.09. The molecule has 0 aliphatic carbocycles. The molecule has 90 valence electrons. The average Bonchev–Trinajstić information content (AvgIpc) is 2.72. The first-order valence-corrected chi connectivity index (χ1v) is 6.57. The van der Waals surface area contributed by atoms with Gasteiger partial charge in [0.25, 0.3) is 0 Å². The van der Waals surface area contributed by atoms with E-state index in [1.165, 1.54) is 0 Å². The summed E-state index contributed by atoms with van der Waals surface area (Å²) >= 11 is 7.62. The van der Waals surface area contributed by atoms with Crippen LogP contribution >= 0.6 is 22.9 Å². The quantitative estimate of drug-likeness (QED) is 0.662. The molecule has 5 heteroatoms. The lowest BCUT2D eigenvalue weighted by atomic mass is 10.1. The van der Waals surface area contributed by atoms with E-state index in [0.29, 0.717) is 0 Å². The highest BCUT2D eigenvalue weighted by Crippen LogP contribution is 2.22. The third-order valence-corrected chi connectivity index (χ3v) is 3.72. The molecule has 1 heterocycles. The highest BCUT2D eigenvalue weighted by atomic mass is 35.5. The van der Waals surface area contributed by atoms with Crippen LogP contribution in [-0.2, 0) is 6.42 Å². The van der Waals surface area contributed by atoms with Gasteiger partial charge >= 0.3 is 0 Å². The van der Waals surface area contributed by atoms with Crippen LogP contribution < -0.4 is 11.3 Å². The summed E-state index contributed by atoms with van der Waals surface area (Å²) in [5, 5.41) is 3.84. The maximum atomic E-state index is 5.97. The molecule has 0 fully saturated rings. The Hall–Kier alpha value is -0.940. The van der Waals surface area contributed by atoms with Crippen molar-refractivity contribution in [2.45, 2.75) is 19.4 Å². The van der Waals surface area contributed by atoms with Gasteiger partial charge in [0.15, 0.2) is 0 Å². The lowest BCUT2D eigenvalue weighted by Gasteiger charge is -2.15. The van der Waals surface area contributed by atoms with Gasteiger partial charge in [-0.1, -0.05) is 23.7 Å². The SMILES string of the molecule is Cc1csc(CC(NN)c2cccc(Cl)c2)n1. The van der Waals surface area contributed by atoms with Gasteiger partial charge in [0.2, 0.25) is 0 Å². The van der Waals surface area contributed by atoms with Crippen LogP contribution in [0.2, 0.25) is 5.02 Å². The van der Waals surface area contributed by atoms with Gasteiger partial charge in [-0.15, -0.1) is 11.3 Å².